The first-order valence-corrected chi connectivity index (χ1v) is 9.04. The van der Waals surface area contributed by atoms with Crippen molar-refractivity contribution in [1.82, 2.24) is 19.8 Å². The summed E-state index contributed by atoms with van der Waals surface area (Å²) < 4.78 is 0. The van der Waals surface area contributed by atoms with E-state index in [1.54, 1.807) is 6.20 Å². The zero-order valence-corrected chi connectivity index (χ0v) is 14.6. The van der Waals surface area contributed by atoms with E-state index < -0.39 is 0 Å². The smallest absolute Gasteiger partial charge is 0.240 e. The molecule has 2 aromatic rings. The first-order chi connectivity index (χ1) is 12.2. The second kappa shape index (κ2) is 6.92. The van der Waals surface area contributed by atoms with Crippen molar-refractivity contribution in [3.8, 4) is 0 Å². The number of nitrogens with zero attached hydrogens (tertiary/aromatic N) is 4. The molecule has 0 saturated carbocycles. The van der Waals surface area contributed by atoms with Gasteiger partial charge in [0.2, 0.25) is 5.91 Å². The molecular weight excluding hydrogens is 312 g/mol. The fourth-order valence-electron chi connectivity index (χ4n) is 4.02. The molecule has 4 heterocycles. The molecule has 4 rings (SSSR count). The topological polar surface area (TPSA) is 49.3 Å². The molecule has 0 radical (unpaired) electrons. The molecule has 0 N–H and O–H groups in total. The molecule has 130 valence electrons. The van der Waals surface area contributed by atoms with E-state index in [-0.39, 0.29) is 11.9 Å². The van der Waals surface area contributed by atoms with Crippen molar-refractivity contribution in [3.63, 3.8) is 0 Å². The molecule has 2 aromatic heterocycles. The van der Waals surface area contributed by atoms with Gasteiger partial charge < -0.3 is 4.90 Å². The summed E-state index contributed by atoms with van der Waals surface area (Å²) in [7, 11) is 0. The van der Waals surface area contributed by atoms with Crippen LogP contribution in [0.15, 0.2) is 42.7 Å². The average Bonchev–Trinajstić information content (AvgIpc) is 2.64. The lowest BCUT2D eigenvalue weighted by atomic mass is 9.85. The van der Waals surface area contributed by atoms with E-state index in [2.05, 4.69) is 27.9 Å². The number of aromatic nitrogens is 2. The quantitative estimate of drug-likeness (QED) is 0.860. The molecule has 2 atom stereocenters. The van der Waals surface area contributed by atoms with Gasteiger partial charge in [-0.2, -0.15) is 0 Å². The number of hydrogen-bond acceptors (Lipinski definition) is 4. The highest BCUT2D eigenvalue weighted by molar-refractivity contribution is 5.83. The Morgan fingerprint density at radius 2 is 2.00 bits per heavy atom. The molecule has 25 heavy (non-hydrogen) atoms. The Morgan fingerprint density at radius 1 is 1.12 bits per heavy atom. The van der Waals surface area contributed by atoms with Gasteiger partial charge in [0.25, 0.3) is 0 Å². The highest BCUT2D eigenvalue weighted by Crippen LogP contribution is 2.31. The second-order valence-corrected chi connectivity index (χ2v) is 7.18. The second-order valence-electron chi connectivity index (χ2n) is 7.18. The molecule has 1 amide bonds. The molecule has 2 aliphatic rings. The minimum Gasteiger partial charge on any atom is -0.335 e. The van der Waals surface area contributed by atoms with Gasteiger partial charge >= 0.3 is 0 Å². The van der Waals surface area contributed by atoms with Crippen LogP contribution in [0.3, 0.4) is 0 Å². The normalized spacial score (nSPS) is 23.7. The van der Waals surface area contributed by atoms with Crippen molar-refractivity contribution in [3.05, 3.63) is 59.7 Å². The number of likely N-dealkylation sites (tertiary alicyclic amines) is 2. The van der Waals surface area contributed by atoms with E-state index in [4.69, 9.17) is 0 Å². The maximum Gasteiger partial charge on any atom is 0.240 e. The van der Waals surface area contributed by atoms with Gasteiger partial charge in [0, 0.05) is 25.5 Å². The zero-order valence-electron chi connectivity index (χ0n) is 14.6. The number of carbonyl (C=O) groups is 1. The van der Waals surface area contributed by atoms with Crippen LogP contribution in [0.4, 0.5) is 0 Å². The lowest BCUT2D eigenvalue weighted by Crippen LogP contribution is -2.58. The van der Waals surface area contributed by atoms with Crippen molar-refractivity contribution < 1.29 is 4.79 Å². The van der Waals surface area contributed by atoms with E-state index in [1.165, 1.54) is 5.56 Å². The zero-order chi connectivity index (χ0) is 17.2. The largest absolute Gasteiger partial charge is 0.335 e. The van der Waals surface area contributed by atoms with Gasteiger partial charge in [-0.3, -0.25) is 19.7 Å². The van der Waals surface area contributed by atoms with Gasteiger partial charge in [-0.25, -0.2) is 0 Å². The fraction of sp³-hybridized carbons (Fsp3) is 0.450. The van der Waals surface area contributed by atoms with Crippen LogP contribution in [0.1, 0.15) is 29.8 Å². The molecule has 2 fully saturated rings. The first kappa shape index (κ1) is 16.2. The third-order valence-corrected chi connectivity index (χ3v) is 5.45. The van der Waals surface area contributed by atoms with Crippen molar-refractivity contribution in [2.75, 3.05) is 13.1 Å². The number of aryl methyl sites for hydroxylation is 1. The molecule has 2 bridgehead atoms. The van der Waals surface area contributed by atoms with Crippen molar-refractivity contribution in [2.24, 2.45) is 5.92 Å². The van der Waals surface area contributed by atoms with Crippen LogP contribution in [-0.4, -0.2) is 44.8 Å². The molecule has 0 spiro atoms. The minimum absolute atomic E-state index is 0.0161. The number of amides is 1. The third kappa shape index (κ3) is 3.42. The predicted molar refractivity (Wildman–Crippen MR) is 95.6 cm³/mol. The van der Waals surface area contributed by atoms with Crippen molar-refractivity contribution in [1.29, 1.82) is 0 Å². The van der Waals surface area contributed by atoms with Gasteiger partial charge in [-0.05, 0) is 56.0 Å². The number of piperidine rings is 2. The standard InChI is InChI=1S/C20H24N4O/c1-15-5-4-9-22-18(15)14-23-10-7-16-11-19(23)20(25)24(12-16)13-17-6-2-3-8-21-17/h2-6,8-9,16,19H,7,10-14H2,1H3/t16-,19+/m0/s1. The molecule has 5 heteroatoms. The van der Waals surface area contributed by atoms with E-state index in [0.29, 0.717) is 12.5 Å². The van der Waals surface area contributed by atoms with Gasteiger partial charge in [0.1, 0.15) is 0 Å². The van der Waals surface area contributed by atoms with Crippen LogP contribution >= 0.6 is 0 Å². The molecule has 0 aliphatic carbocycles. The van der Waals surface area contributed by atoms with E-state index >= 15 is 0 Å². The van der Waals surface area contributed by atoms with Crippen molar-refractivity contribution in [2.45, 2.75) is 38.9 Å². The molecule has 2 aliphatic heterocycles. The number of carbonyl (C=O) groups excluding carboxylic acids is 1. The van der Waals surface area contributed by atoms with Crippen molar-refractivity contribution >= 4 is 5.91 Å². The summed E-state index contributed by atoms with van der Waals surface area (Å²) in [5.41, 5.74) is 3.23. The van der Waals surface area contributed by atoms with Gasteiger partial charge in [-0.1, -0.05) is 12.1 Å². The maximum absolute atomic E-state index is 13.1. The number of rotatable bonds is 4. The average molecular weight is 336 g/mol. The lowest BCUT2D eigenvalue weighted by Gasteiger charge is -2.46. The fourth-order valence-corrected chi connectivity index (χ4v) is 4.02. The van der Waals surface area contributed by atoms with E-state index in [1.807, 2.05) is 35.4 Å². The molecule has 0 aromatic carbocycles. The number of fused-ring (bicyclic) bond motifs is 2. The summed E-state index contributed by atoms with van der Waals surface area (Å²) in [6.45, 7) is 5.30. The van der Waals surface area contributed by atoms with Crippen LogP contribution in [0.2, 0.25) is 0 Å². The number of hydrogen-bond donors (Lipinski definition) is 0. The van der Waals surface area contributed by atoms with Crippen LogP contribution in [-0.2, 0) is 17.9 Å². The summed E-state index contributed by atoms with van der Waals surface area (Å²) in [5, 5.41) is 0. The maximum atomic E-state index is 13.1. The summed E-state index contributed by atoms with van der Waals surface area (Å²) >= 11 is 0. The van der Waals surface area contributed by atoms with Crippen LogP contribution in [0.5, 0.6) is 0 Å². The summed E-state index contributed by atoms with van der Waals surface area (Å²) in [5.74, 6) is 0.850. The third-order valence-electron chi connectivity index (χ3n) is 5.45. The lowest BCUT2D eigenvalue weighted by molar-refractivity contribution is -0.146. The summed E-state index contributed by atoms with van der Waals surface area (Å²) in [6.07, 6.45) is 5.75. The monoisotopic (exact) mass is 336 g/mol. The van der Waals surface area contributed by atoms with Gasteiger partial charge in [0.15, 0.2) is 0 Å². The highest BCUT2D eigenvalue weighted by atomic mass is 16.2. The first-order valence-electron chi connectivity index (χ1n) is 9.04. The summed E-state index contributed by atoms with van der Waals surface area (Å²) in [6, 6.07) is 9.92. The molecular formula is C20H24N4O. The molecule has 5 nitrogen and oxygen atoms in total. The predicted octanol–water partition coefficient (Wildman–Crippen LogP) is 2.41. The highest BCUT2D eigenvalue weighted by Gasteiger charge is 2.41. The van der Waals surface area contributed by atoms with E-state index in [0.717, 1.165) is 43.9 Å². The van der Waals surface area contributed by atoms with Crippen LogP contribution in [0.25, 0.3) is 0 Å². The Bertz CT molecular complexity index is 748. The summed E-state index contributed by atoms with van der Waals surface area (Å²) in [4.78, 5) is 26.3. The van der Waals surface area contributed by atoms with Gasteiger partial charge in [0.05, 0.1) is 24.0 Å². The Kier molecular flexibility index (Phi) is 4.49. The molecule has 2 saturated heterocycles. The Balaban J connectivity index is 1.50. The van der Waals surface area contributed by atoms with Gasteiger partial charge in [-0.15, -0.1) is 0 Å². The van der Waals surface area contributed by atoms with Crippen LogP contribution < -0.4 is 0 Å². The Hall–Kier alpha value is -2.27. The molecule has 0 unspecified atom stereocenters. The number of pyridine rings is 2. The minimum atomic E-state index is -0.0161. The Morgan fingerprint density at radius 3 is 2.80 bits per heavy atom. The van der Waals surface area contributed by atoms with E-state index in [9.17, 15) is 4.79 Å². The SMILES string of the molecule is Cc1cccnc1CN1CC[C@H]2C[C@@H]1C(=O)N(Cc1ccccn1)C2. The Labute approximate surface area is 148 Å². The van der Waals surface area contributed by atoms with Crippen LogP contribution in [0, 0.1) is 12.8 Å².